The van der Waals surface area contributed by atoms with Crippen molar-refractivity contribution in [1.29, 1.82) is 0 Å². The first-order chi connectivity index (χ1) is 11.3. The average molecular weight is 311 g/mol. The van der Waals surface area contributed by atoms with Crippen LogP contribution in [0.15, 0.2) is 48.5 Å². The summed E-state index contributed by atoms with van der Waals surface area (Å²) in [6, 6.07) is 15.7. The lowest BCUT2D eigenvalue weighted by atomic mass is 9.96. The van der Waals surface area contributed by atoms with Gasteiger partial charge in [-0.05, 0) is 42.7 Å². The second-order valence-corrected chi connectivity index (χ2v) is 5.62. The SMILES string of the molecule is CCOc1cccc(CNC(=O)[C@H]2COc3ccccc3C2)c1. The van der Waals surface area contributed by atoms with Crippen LogP contribution in [0.2, 0.25) is 0 Å². The van der Waals surface area contributed by atoms with Crippen molar-refractivity contribution in [3.63, 3.8) is 0 Å². The largest absolute Gasteiger partial charge is 0.494 e. The molecule has 0 aromatic heterocycles. The number of fused-ring (bicyclic) bond motifs is 1. The number of hydrogen-bond donors (Lipinski definition) is 1. The van der Waals surface area contributed by atoms with Crippen molar-refractivity contribution in [3.8, 4) is 11.5 Å². The van der Waals surface area contributed by atoms with Gasteiger partial charge in [-0.3, -0.25) is 4.79 Å². The molecule has 3 rings (SSSR count). The monoisotopic (exact) mass is 311 g/mol. The minimum atomic E-state index is -0.139. The van der Waals surface area contributed by atoms with Crippen LogP contribution in [0.3, 0.4) is 0 Å². The normalized spacial score (nSPS) is 16.1. The van der Waals surface area contributed by atoms with Gasteiger partial charge in [0.05, 0.1) is 12.5 Å². The summed E-state index contributed by atoms with van der Waals surface area (Å²) in [5.41, 5.74) is 2.12. The van der Waals surface area contributed by atoms with Gasteiger partial charge in [0.25, 0.3) is 0 Å². The highest BCUT2D eigenvalue weighted by Gasteiger charge is 2.25. The summed E-state index contributed by atoms with van der Waals surface area (Å²) in [6.07, 6.45) is 0.723. The number of amides is 1. The Kier molecular flexibility index (Phi) is 4.81. The Morgan fingerprint density at radius 1 is 1.26 bits per heavy atom. The van der Waals surface area contributed by atoms with Gasteiger partial charge in [-0.2, -0.15) is 0 Å². The zero-order valence-corrected chi connectivity index (χ0v) is 13.2. The molecule has 4 heteroatoms. The first kappa shape index (κ1) is 15.4. The fourth-order valence-electron chi connectivity index (χ4n) is 2.74. The maximum absolute atomic E-state index is 12.4. The fraction of sp³-hybridized carbons (Fsp3) is 0.316. The quantitative estimate of drug-likeness (QED) is 0.923. The molecule has 1 N–H and O–H groups in total. The molecule has 0 fully saturated rings. The predicted octanol–water partition coefficient (Wildman–Crippen LogP) is 2.95. The van der Waals surface area contributed by atoms with Crippen molar-refractivity contribution < 1.29 is 14.3 Å². The number of hydrogen-bond acceptors (Lipinski definition) is 3. The van der Waals surface area contributed by atoms with Crippen LogP contribution in [-0.2, 0) is 17.8 Å². The first-order valence-electron chi connectivity index (χ1n) is 7.96. The third kappa shape index (κ3) is 3.83. The molecule has 1 heterocycles. The van der Waals surface area contributed by atoms with Crippen molar-refractivity contribution in [2.24, 2.45) is 5.92 Å². The van der Waals surface area contributed by atoms with Crippen LogP contribution in [0.25, 0.3) is 0 Å². The fourth-order valence-corrected chi connectivity index (χ4v) is 2.74. The molecular weight excluding hydrogens is 290 g/mol. The third-order valence-corrected chi connectivity index (χ3v) is 3.93. The zero-order valence-electron chi connectivity index (χ0n) is 13.2. The second kappa shape index (κ2) is 7.18. The highest BCUT2D eigenvalue weighted by molar-refractivity contribution is 5.79. The maximum atomic E-state index is 12.4. The zero-order chi connectivity index (χ0) is 16.1. The predicted molar refractivity (Wildman–Crippen MR) is 88.6 cm³/mol. The third-order valence-electron chi connectivity index (χ3n) is 3.93. The van der Waals surface area contributed by atoms with Gasteiger partial charge in [0.2, 0.25) is 5.91 Å². The minimum absolute atomic E-state index is 0.0290. The van der Waals surface area contributed by atoms with Gasteiger partial charge in [0.1, 0.15) is 18.1 Å². The van der Waals surface area contributed by atoms with Crippen molar-refractivity contribution in [2.45, 2.75) is 19.9 Å². The maximum Gasteiger partial charge on any atom is 0.227 e. The Balaban J connectivity index is 1.57. The van der Waals surface area contributed by atoms with Crippen molar-refractivity contribution >= 4 is 5.91 Å². The molecule has 0 aliphatic carbocycles. The lowest BCUT2D eigenvalue weighted by Crippen LogP contribution is -2.37. The van der Waals surface area contributed by atoms with Gasteiger partial charge in [-0.25, -0.2) is 0 Å². The summed E-state index contributed by atoms with van der Waals surface area (Å²) in [6.45, 7) is 3.52. The minimum Gasteiger partial charge on any atom is -0.494 e. The Hall–Kier alpha value is -2.49. The Morgan fingerprint density at radius 2 is 2.13 bits per heavy atom. The summed E-state index contributed by atoms with van der Waals surface area (Å²) in [5, 5.41) is 2.99. The van der Waals surface area contributed by atoms with Gasteiger partial charge < -0.3 is 14.8 Å². The van der Waals surface area contributed by atoms with Crippen LogP contribution in [0.4, 0.5) is 0 Å². The summed E-state index contributed by atoms with van der Waals surface area (Å²) in [7, 11) is 0. The van der Waals surface area contributed by atoms with E-state index in [-0.39, 0.29) is 11.8 Å². The van der Waals surface area contributed by atoms with E-state index in [1.807, 2.05) is 55.5 Å². The van der Waals surface area contributed by atoms with E-state index in [1.54, 1.807) is 0 Å². The average Bonchev–Trinajstić information content (AvgIpc) is 2.60. The van der Waals surface area contributed by atoms with E-state index in [2.05, 4.69) is 5.32 Å². The summed E-state index contributed by atoms with van der Waals surface area (Å²) < 4.78 is 11.2. The van der Waals surface area contributed by atoms with Crippen LogP contribution in [0.5, 0.6) is 11.5 Å². The smallest absolute Gasteiger partial charge is 0.227 e. The number of carbonyl (C=O) groups excluding carboxylic acids is 1. The number of ether oxygens (including phenoxy) is 2. The molecule has 1 aliphatic heterocycles. The van der Waals surface area contributed by atoms with E-state index in [1.165, 1.54) is 0 Å². The standard InChI is InChI=1S/C19H21NO3/c1-2-22-17-8-5-6-14(10-17)12-20-19(21)16-11-15-7-3-4-9-18(15)23-13-16/h3-10,16H,2,11-13H2,1H3,(H,20,21)/t16-/m1/s1. The molecule has 23 heavy (non-hydrogen) atoms. The molecule has 0 unspecified atom stereocenters. The van der Waals surface area contributed by atoms with Gasteiger partial charge in [-0.15, -0.1) is 0 Å². The molecule has 2 aromatic rings. The molecule has 0 saturated heterocycles. The van der Waals surface area contributed by atoms with E-state index in [9.17, 15) is 4.79 Å². The van der Waals surface area contributed by atoms with Crippen molar-refractivity contribution in [1.82, 2.24) is 5.32 Å². The topological polar surface area (TPSA) is 47.6 Å². The molecular formula is C19H21NO3. The van der Waals surface area contributed by atoms with Crippen molar-refractivity contribution in [3.05, 3.63) is 59.7 Å². The highest BCUT2D eigenvalue weighted by Crippen LogP contribution is 2.26. The van der Waals surface area contributed by atoms with Crippen LogP contribution in [0, 0.1) is 5.92 Å². The van der Waals surface area contributed by atoms with Crippen molar-refractivity contribution in [2.75, 3.05) is 13.2 Å². The number of rotatable bonds is 5. The van der Waals surface area contributed by atoms with E-state index >= 15 is 0 Å². The second-order valence-electron chi connectivity index (χ2n) is 5.62. The highest BCUT2D eigenvalue weighted by atomic mass is 16.5. The van der Waals surface area contributed by atoms with Crippen LogP contribution in [-0.4, -0.2) is 19.1 Å². The summed E-state index contributed by atoms with van der Waals surface area (Å²) >= 11 is 0. The first-order valence-corrected chi connectivity index (χ1v) is 7.96. The molecule has 0 spiro atoms. The Bertz CT molecular complexity index is 684. The summed E-state index contributed by atoms with van der Waals surface area (Å²) in [4.78, 5) is 12.4. The Labute approximate surface area is 136 Å². The Morgan fingerprint density at radius 3 is 3.00 bits per heavy atom. The van der Waals surface area contributed by atoms with Gasteiger partial charge in [0, 0.05) is 6.54 Å². The number of carbonyl (C=O) groups is 1. The molecule has 0 saturated carbocycles. The molecule has 1 amide bonds. The number of benzene rings is 2. The molecule has 1 aliphatic rings. The molecule has 2 aromatic carbocycles. The van der Waals surface area contributed by atoms with Gasteiger partial charge in [0.15, 0.2) is 0 Å². The number of para-hydroxylation sites is 1. The molecule has 4 nitrogen and oxygen atoms in total. The van der Waals surface area contributed by atoms with Gasteiger partial charge in [-0.1, -0.05) is 30.3 Å². The van der Waals surface area contributed by atoms with E-state index in [0.717, 1.165) is 29.0 Å². The van der Waals surface area contributed by atoms with E-state index in [4.69, 9.17) is 9.47 Å². The molecule has 0 radical (unpaired) electrons. The van der Waals surface area contributed by atoms with Crippen LogP contribution < -0.4 is 14.8 Å². The van der Waals surface area contributed by atoms with Crippen LogP contribution in [0.1, 0.15) is 18.1 Å². The molecule has 0 bridgehead atoms. The van der Waals surface area contributed by atoms with Gasteiger partial charge >= 0.3 is 0 Å². The molecule has 1 atom stereocenters. The lowest BCUT2D eigenvalue weighted by molar-refractivity contribution is -0.126. The summed E-state index contributed by atoms with van der Waals surface area (Å²) in [5.74, 6) is 1.61. The van der Waals surface area contributed by atoms with E-state index in [0.29, 0.717) is 19.8 Å². The molecule has 120 valence electrons. The number of nitrogens with one attached hydrogen (secondary N) is 1. The van der Waals surface area contributed by atoms with Crippen LogP contribution >= 0.6 is 0 Å². The lowest BCUT2D eigenvalue weighted by Gasteiger charge is -2.24. The van der Waals surface area contributed by atoms with E-state index < -0.39 is 0 Å².